The van der Waals surface area contributed by atoms with E-state index in [4.69, 9.17) is 0 Å². The maximum Gasteiger partial charge on any atom is 0.274 e. The van der Waals surface area contributed by atoms with Crippen LogP contribution in [0.4, 0.5) is 5.69 Å². The van der Waals surface area contributed by atoms with E-state index in [1.54, 1.807) is 28.2 Å². The SMILES string of the molecule is CCNc1cccn(Cc2nc3ccccc3s2)c1=O. The summed E-state index contributed by atoms with van der Waals surface area (Å²) in [6.45, 7) is 3.22. The van der Waals surface area contributed by atoms with E-state index >= 15 is 0 Å². The van der Waals surface area contributed by atoms with Crippen molar-refractivity contribution in [2.75, 3.05) is 11.9 Å². The maximum absolute atomic E-state index is 12.3. The first-order chi connectivity index (χ1) is 9.78. The van der Waals surface area contributed by atoms with Crippen LogP contribution in [-0.2, 0) is 6.54 Å². The third-order valence-corrected chi connectivity index (χ3v) is 4.05. The van der Waals surface area contributed by atoms with E-state index in [1.165, 1.54) is 0 Å². The van der Waals surface area contributed by atoms with Gasteiger partial charge in [0.05, 0.1) is 16.8 Å². The number of rotatable bonds is 4. The minimum absolute atomic E-state index is 0.00592. The number of fused-ring (bicyclic) bond motifs is 1. The van der Waals surface area contributed by atoms with E-state index in [2.05, 4.69) is 10.3 Å². The average molecular weight is 285 g/mol. The van der Waals surface area contributed by atoms with Gasteiger partial charge in [0, 0.05) is 12.7 Å². The molecule has 4 nitrogen and oxygen atoms in total. The van der Waals surface area contributed by atoms with Gasteiger partial charge in [0.1, 0.15) is 10.7 Å². The molecule has 0 radical (unpaired) electrons. The first kappa shape index (κ1) is 12.9. The smallest absolute Gasteiger partial charge is 0.274 e. The average Bonchev–Trinajstić information content (AvgIpc) is 2.86. The molecule has 0 aliphatic rings. The van der Waals surface area contributed by atoms with Crippen LogP contribution in [0.2, 0.25) is 0 Å². The third kappa shape index (κ3) is 2.44. The molecule has 20 heavy (non-hydrogen) atoms. The van der Waals surface area contributed by atoms with Crippen LogP contribution >= 0.6 is 11.3 Å². The summed E-state index contributed by atoms with van der Waals surface area (Å²) in [7, 11) is 0. The molecule has 0 aliphatic carbocycles. The molecule has 0 bridgehead atoms. The summed E-state index contributed by atoms with van der Waals surface area (Å²) in [6.07, 6.45) is 1.80. The maximum atomic E-state index is 12.3. The zero-order valence-electron chi connectivity index (χ0n) is 11.2. The molecule has 1 N–H and O–H groups in total. The van der Waals surface area contributed by atoms with Crippen molar-refractivity contribution >= 4 is 27.2 Å². The van der Waals surface area contributed by atoms with Gasteiger partial charge in [-0.25, -0.2) is 4.98 Å². The first-order valence-electron chi connectivity index (χ1n) is 6.55. The Balaban J connectivity index is 1.94. The van der Waals surface area contributed by atoms with Crippen LogP contribution in [0.15, 0.2) is 47.4 Å². The lowest BCUT2D eigenvalue weighted by Crippen LogP contribution is -2.23. The summed E-state index contributed by atoms with van der Waals surface area (Å²) >= 11 is 1.63. The Morgan fingerprint density at radius 1 is 1.25 bits per heavy atom. The molecule has 5 heteroatoms. The zero-order valence-corrected chi connectivity index (χ0v) is 12.0. The molecule has 0 fully saturated rings. The molecule has 0 aliphatic heterocycles. The second kappa shape index (κ2) is 5.46. The topological polar surface area (TPSA) is 46.9 Å². The summed E-state index contributed by atoms with van der Waals surface area (Å²) in [5.74, 6) is 0. The summed E-state index contributed by atoms with van der Waals surface area (Å²) in [4.78, 5) is 16.8. The molecule has 0 spiro atoms. The number of nitrogens with zero attached hydrogens (tertiary/aromatic N) is 2. The van der Waals surface area contributed by atoms with Crippen molar-refractivity contribution in [3.63, 3.8) is 0 Å². The molecular formula is C15H15N3OS. The van der Waals surface area contributed by atoms with Gasteiger partial charge < -0.3 is 9.88 Å². The molecule has 0 saturated heterocycles. The third-order valence-electron chi connectivity index (χ3n) is 3.03. The molecule has 102 valence electrons. The first-order valence-corrected chi connectivity index (χ1v) is 7.37. The van der Waals surface area contributed by atoms with Crippen molar-refractivity contribution in [3.05, 3.63) is 58.0 Å². The quantitative estimate of drug-likeness (QED) is 0.801. The Morgan fingerprint density at radius 3 is 2.90 bits per heavy atom. The highest BCUT2D eigenvalue weighted by Gasteiger charge is 2.06. The predicted octanol–water partition coefficient (Wildman–Crippen LogP) is 2.94. The number of para-hydroxylation sites is 1. The number of pyridine rings is 1. The lowest BCUT2D eigenvalue weighted by atomic mass is 10.3. The van der Waals surface area contributed by atoms with Crippen LogP contribution in [0.25, 0.3) is 10.2 Å². The lowest BCUT2D eigenvalue weighted by Gasteiger charge is -2.06. The highest BCUT2D eigenvalue weighted by molar-refractivity contribution is 7.18. The lowest BCUT2D eigenvalue weighted by molar-refractivity contribution is 0.756. The Hall–Kier alpha value is -2.14. The number of aromatic nitrogens is 2. The van der Waals surface area contributed by atoms with Gasteiger partial charge in [0.2, 0.25) is 0 Å². The molecular weight excluding hydrogens is 270 g/mol. The Morgan fingerprint density at radius 2 is 2.10 bits per heavy atom. The predicted molar refractivity (Wildman–Crippen MR) is 83.6 cm³/mol. The van der Waals surface area contributed by atoms with Gasteiger partial charge in [-0.3, -0.25) is 4.79 Å². The van der Waals surface area contributed by atoms with Crippen LogP contribution < -0.4 is 10.9 Å². The molecule has 0 saturated carbocycles. The van der Waals surface area contributed by atoms with Gasteiger partial charge in [-0.15, -0.1) is 11.3 Å². The molecule has 2 aromatic heterocycles. The second-order valence-electron chi connectivity index (χ2n) is 4.46. The molecule has 2 heterocycles. The molecule has 0 amide bonds. The van der Waals surface area contributed by atoms with Gasteiger partial charge in [-0.1, -0.05) is 12.1 Å². The normalized spacial score (nSPS) is 10.8. The highest BCUT2D eigenvalue weighted by Crippen LogP contribution is 2.21. The Labute approximate surface area is 120 Å². The number of nitrogens with one attached hydrogen (secondary N) is 1. The van der Waals surface area contributed by atoms with Crippen LogP contribution in [0.3, 0.4) is 0 Å². The number of hydrogen-bond donors (Lipinski definition) is 1. The van der Waals surface area contributed by atoms with Gasteiger partial charge in [0.25, 0.3) is 5.56 Å². The molecule has 0 atom stereocenters. The van der Waals surface area contributed by atoms with Crippen LogP contribution in [0, 0.1) is 0 Å². The molecule has 3 rings (SSSR count). The molecule has 0 unspecified atom stereocenters. The molecule has 3 aromatic rings. The summed E-state index contributed by atoms with van der Waals surface area (Å²) < 4.78 is 2.84. The molecule has 1 aromatic carbocycles. The van der Waals surface area contributed by atoms with Gasteiger partial charge in [-0.2, -0.15) is 0 Å². The fourth-order valence-electron chi connectivity index (χ4n) is 2.12. The minimum atomic E-state index is -0.00592. The number of hydrogen-bond acceptors (Lipinski definition) is 4. The monoisotopic (exact) mass is 285 g/mol. The Kier molecular flexibility index (Phi) is 3.52. The van der Waals surface area contributed by atoms with Gasteiger partial charge in [-0.05, 0) is 31.2 Å². The standard InChI is InChI=1S/C15H15N3OS/c1-2-16-12-7-5-9-18(15(12)19)10-14-17-11-6-3-4-8-13(11)20-14/h3-9,16H,2,10H2,1H3. The summed E-state index contributed by atoms with van der Waals surface area (Å²) in [6, 6.07) is 11.7. The number of thiazole rings is 1. The number of anilines is 1. The highest BCUT2D eigenvalue weighted by atomic mass is 32.1. The summed E-state index contributed by atoms with van der Waals surface area (Å²) in [5.41, 5.74) is 1.62. The van der Waals surface area contributed by atoms with Crippen LogP contribution in [0.5, 0.6) is 0 Å². The van der Waals surface area contributed by atoms with Crippen molar-refractivity contribution < 1.29 is 0 Å². The van der Waals surface area contributed by atoms with Crippen molar-refractivity contribution in [1.82, 2.24) is 9.55 Å². The van der Waals surface area contributed by atoms with E-state index in [1.807, 2.05) is 37.3 Å². The van der Waals surface area contributed by atoms with Crippen molar-refractivity contribution in [3.8, 4) is 0 Å². The second-order valence-corrected chi connectivity index (χ2v) is 5.58. The van der Waals surface area contributed by atoms with Gasteiger partial charge >= 0.3 is 0 Å². The Bertz CT molecular complexity index is 758. The zero-order chi connectivity index (χ0) is 13.9. The van der Waals surface area contributed by atoms with E-state index < -0.39 is 0 Å². The van der Waals surface area contributed by atoms with E-state index in [0.29, 0.717) is 12.2 Å². The van der Waals surface area contributed by atoms with Crippen molar-refractivity contribution in [2.45, 2.75) is 13.5 Å². The van der Waals surface area contributed by atoms with Crippen molar-refractivity contribution in [1.29, 1.82) is 0 Å². The fraction of sp³-hybridized carbons (Fsp3) is 0.200. The van der Waals surface area contributed by atoms with Crippen LogP contribution in [-0.4, -0.2) is 16.1 Å². The number of benzene rings is 1. The van der Waals surface area contributed by atoms with Crippen molar-refractivity contribution in [2.24, 2.45) is 0 Å². The van der Waals surface area contributed by atoms with Gasteiger partial charge in [0.15, 0.2) is 0 Å². The fourth-order valence-corrected chi connectivity index (χ4v) is 3.09. The van der Waals surface area contributed by atoms with E-state index in [9.17, 15) is 4.79 Å². The van der Waals surface area contributed by atoms with E-state index in [-0.39, 0.29) is 5.56 Å². The largest absolute Gasteiger partial charge is 0.381 e. The van der Waals surface area contributed by atoms with Crippen LogP contribution in [0.1, 0.15) is 11.9 Å². The van der Waals surface area contributed by atoms with E-state index in [0.717, 1.165) is 21.8 Å². The summed E-state index contributed by atoms with van der Waals surface area (Å²) in [5, 5.41) is 4.02. The minimum Gasteiger partial charge on any atom is -0.381 e.